The fourth-order valence-electron chi connectivity index (χ4n) is 1.74. The number of nitrogens with zero attached hydrogens (tertiary/aromatic N) is 1. The van der Waals surface area contributed by atoms with E-state index in [0.29, 0.717) is 17.6 Å². The van der Waals surface area contributed by atoms with Gasteiger partial charge in [0, 0.05) is 0 Å². The molecule has 1 unspecified atom stereocenters. The Bertz CT molecular complexity index is 465. The number of rotatable bonds is 3. The molecular weight excluding hydrogens is 192 g/mol. The van der Waals surface area contributed by atoms with Crippen molar-refractivity contribution in [3.63, 3.8) is 0 Å². The first kappa shape index (κ1) is 9.98. The summed E-state index contributed by atoms with van der Waals surface area (Å²) < 4.78 is 5.10. The molecule has 0 saturated heterocycles. The van der Waals surface area contributed by atoms with E-state index in [1.165, 1.54) is 6.39 Å². The van der Waals surface area contributed by atoms with Gasteiger partial charge >= 0.3 is 0 Å². The minimum absolute atomic E-state index is 0.210. The molecule has 0 aliphatic rings. The Hall–Kier alpha value is -1.55. The van der Waals surface area contributed by atoms with Crippen LogP contribution in [-0.4, -0.2) is 16.6 Å². The lowest BCUT2D eigenvalue weighted by molar-refractivity contribution is 0.466. The monoisotopic (exact) mass is 206 g/mol. The number of phenols is 1. The molecule has 2 aromatic rings. The zero-order valence-electron chi connectivity index (χ0n) is 8.60. The van der Waals surface area contributed by atoms with Gasteiger partial charge in [0.1, 0.15) is 5.75 Å². The number of aromatic nitrogens is 1. The van der Waals surface area contributed by atoms with Crippen molar-refractivity contribution in [2.24, 2.45) is 5.73 Å². The van der Waals surface area contributed by atoms with E-state index in [-0.39, 0.29) is 11.7 Å². The number of aromatic hydroxyl groups is 1. The summed E-state index contributed by atoms with van der Waals surface area (Å²) in [6.07, 6.45) is 2.18. The lowest BCUT2D eigenvalue weighted by Crippen LogP contribution is -2.04. The highest BCUT2D eigenvalue weighted by Gasteiger charge is 2.14. The molecule has 2 rings (SSSR count). The Morgan fingerprint density at radius 2 is 2.33 bits per heavy atom. The van der Waals surface area contributed by atoms with Gasteiger partial charge in [-0.05, 0) is 30.5 Å². The summed E-state index contributed by atoms with van der Waals surface area (Å²) in [5.41, 5.74) is 7.50. The molecule has 4 heteroatoms. The van der Waals surface area contributed by atoms with Crippen LogP contribution in [0.4, 0.5) is 0 Å². The summed E-state index contributed by atoms with van der Waals surface area (Å²) in [4.78, 5) is 3.97. The van der Waals surface area contributed by atoms with Crippen LogP contribution in [0.5, 0.6) is 5.75 Å². The van der Waals surface area contributed by atoms with Gasteiger partial charge in [-0.1, -0.05) is 13.0 Å². The van der Waals surface area contributed by atoms with E-state index < -0.39 is 0 Å². The number of oxazole rings is 1. The quantitative estimate of drug-likeness (QED) is 0.805. The highest BCUT2D eigenvalue weighted by atomic mass is 16.3. The van der Waals surface area contributed by atoms with Gasteiger partial charge in [0.05, 0.1) is 0 Å². The molecule has 4 nitrogen and oxygen atoms in total. The zero-order valence-corrected chi connectivity index (χ0v) is 8.60. The predicted molar refractivity (Wildman–Crippen MR) is 57.8 cm³/mol. The average Bonchev–Trinajstić information content (AvgIpc) is 2.67. The number of hydrogen-bond donors (Lipinski definition) is 2. The van der Waals surface area contributed by atoms with E-state index in [4.69, 9.17) is 10.2 Å². The van der Waals surface area contributed by atoms with Crippen molar-refractivity contribution in [1.29, 1.82) is 0 Å². The second-order valence-electron chi connectivity index (χ2n) is 3.68. The summed E-state index contributed by atoms with van der Waals surface area (Å²) in [6.45, 7) is 2.64. The predicted octanol–water partition coefficient (Wildman–Crippen LogP) is 1.99. The van der Waals surface area contributed by atoms with Crippen LogP contribution in [0.1, 0.15) is 24.8 Å². The number of benzene rings is 1. The molecule has 0 aliphatic heterocycles. The van der Waals surface area contributed by atoms with Crippen molar-refractivity contribution in [1.82, 2.24) is 4.98 Å². The highest BCUT2D eigenvalue weighted by molar-refractivity contribution is 5.80. The zero-order chi connectivity index (χ0) is 10.8. The SMILES string of the molecule is CC(CCN)c1ccc2ocnc2c1O. The third kappa shape index (κ3) is 1.68. The Labute approximate surface area is 87.7 Å². The molecule has 1 heterocycles. The molecule has 3 N–H and O–H groups in total. The van der Waals surface area contributed by atoms with Gasteiger partial charge in [-0.2, -0.15) is 0 Å². The molecule has 0 fully saturated rings. The standard InChI is InChI=1S/C11H14N2O2/c1-7(4-5-12)8-2-3-9-10(11(8)14)13-6-15-9/h2-3,6-7,14H,4-5,12H2,1H3. The second kappa shape index (κ2) is 3.90. The van der Waals surface area contributed by atoms with Gasteiger partial charge in [-0.25, -0.2) is 4.98 Å². The molecule has 0 aliphatic carbocycles. The second-order valence-corrected chi connectivity index (χ2v) is 3.68. The minimum atomic E-state index is 0.210. The topological polar surface area (TPSA) is 72.3 Å². The Morgan fingerprint density at radius 1 is 1.53 bits per heavy atom. The maximum atomic E-state index is 9.97. The Morgan fingerprint density at radius 3 is 3.07 bits per heavy atom. The molecule has 1 atom stereocenters. The maximum absolute atomic E-state index is 9.97. The summed E-state index contributed by atoms with van der Waals surface area (Å²) in [5.74, 6) is 0.443. The van der Waals surface area contributed by atoms with Gasteiger partial charge in [0.15, 0.2) is 17.5 Å². The molecule has 0 bridgehead atoms. The summed E-state index contributed by atoms with van der Waals surface area (Å²) >= 11 is 0. The molecule has 0 radical (unpaired) electrons. The van der Waals surface area contributed by atoms with Crippen LogP contribution in [0.15, 0.2) is 22.9 Å². The van der Waals surface area contributed by atoms with E-state index in [1.54, 1.807) is 0 Å². The molecular formula is C11H14N2O2. The van der Waals surface area contributed by atoms with Crippen LogP contribution in [-0.2, 0) is 0 Å². The molecule has 0 amide bonds. The minimum Gasteiger partial charge on any atom is -0.505 e. The van der Waals surface area contributed by atoms with Crippen LogP contribution >= 0.6 is 0 Å². The first-order chi connectivity index (χ1) is 7.24. The number of hydrogen-bond acceptors (Lipinski definition) is 4. The molecule has 1 aromatic heterocycles. The van der Waals surface area contributed by atoms with E-state index in [2.05, 4.69) is 4.98 Å². The molecule has 80 valence electrons. The van der Waals surface area contributed by atoms with E-state index in [1.807, 2.05) is 19.1 Å². The van der Waals surface area contributed by atoms with Crippen molar-refractivity contribution in [2.45, 2.75) is 19.3 Å². The highest BCUT2D eigenvalue weighted by Crippen LogP contribution is 2.33. The van der Waals surface area contributed by atoms with Crippen molar-refractivity contribution in [3.05, 3.63) is 24.1 Å². The van der Waals surface area contributed by atoms with Crippen LogP contribution in [0.3, 0.4) is 0 Å². The lowest BCUT2D eigenvalue weighted by Gasteiger charge is -2.11. The maximum Gasteiger partial charge on any atom is 0.182 e. The smallest absolute Gasteiger partial charge is 0.182 e. The van der Waals surface area contributed by atoms with Crippen molar-refractivity contribution >= 4 is 11.1 Å². The molecule has 15 heavy (non-hydrogen) atoms. The van der Waals surface area contributed by atoms with Crippen LogP contribution < -0.4 is 5.73 Å². The fraction of sp³-hybridized carbons (Fsp3) is 0.364. The third-order valence-electron chi connectivity index (χ3n) is 2.64. The van der Waals surface area contributed by atoms with E-state index >= 15 is 0 Å². The molecule has 1 aromatic carbocycles. The number of phenolic OH excluding ortho intramolecular Hbond substituents is 1. The Kier molecular flexibility index (Phi) is 2.60. The first-order valence-electron chi connectivity index (χ1n) is 4.99. The summed E-state index contributed by atoms with van der Waals surface area (Å²) in [5, 5.41) is 9.97. The van der Waals surface area contributed by atoms with Crippen molar-refractivity contribution < 1.29 is 9.52 Å². The van der Waals surface area contributed by atoms with E-state index in [0.717, 1.165) is 12.0 Å². The molecule has 0 spiro atoms. The third-order valence-corrected chi connectivity index (χ3v) is 2.64. The van der Waals surface area contributed by atoms with Crippen LogP contribution in [0.2, 0.25) is 0 Å². The molecule has 0 saturated carbocycles. The van der Waals surface area contributed by atoms with Crippen molar-refractivity contribution in [3.8, 4) is 5.75 Å². The number of nitrogens with two attached hydrogens (primary N) is 1. The normalized spacial score (nSPS) is 13.2. The largest absolute Gasteiger partial charge is 0.505 e. The van der Waals surface area contributed by atoms with Gasteiger partial charge in [0.2, 0.25) is 0 Å². The first-order valence-corrected chi connectivity index (χ1v) is 4.99. The lowest BCUT2D eigenvalue weighted by atomic mass is 9.96. The van der Waals surface area contributed by atoms with E-state index in [9.17, 15) is 5.11 Å². The fourth-order valence-corrected chi connectivity index (χ4v) is 1.74. The van der Waals surface area contributed by atoms with Crippen LogP contribution in [0, 0.1) is 0 Å². The Balaban J connectivity index is 2.47. The summed E-state index contributed by atoms with van der Waals surface area (Å²) in [7, 11) is 0. The van der Waals surface area contributed by atoms with Crippen LogP contribution in [0.25, 0.3) is 11.1 Å². The van der Waals surface area contributed by atoms with Crippen molar-refractivity contribution in [2.75, 3.05) is 6.54 Å². The van der Waals surface area contributed by atoms with Gasteiger partial charge < -0.3 is 15.3 Å². The average molecular weight is 206 g/mol. The van der Waals surface area contributed by atoms with Gasteiger partial charge in [0.25, 0.3) is 0 Å². The summed E-state index contributed by atoms with van der Waals surface area (Å²) in [6, 6.07) is 3.69. The number of fused-ring (bicyclic) bond motifs is 1. The van der Waals surface area contributed by atoms with Gasteiger partial charge in [-0.15, -0.1) is 0 Å². The van der Waals surface area contributed by atoms with Gasteiger partial charge in [-0.3, -0.25) is 0 Å².